The van der Waals surface area contributed by atoms with Crippen LogP contribution in [0.4, 0.5) is 0 Å². The van der Waals surface area contributed by atoms with Crippen molar-refractivity contribution in [3.63, 3.8) is 0 Å². The van der Waals surface area contributed by atoms with Crippen LogP contribution >= 0.6 is 0 Å². The van der Waals surface area contributed by atoms with Crippen LogP contribution in [0.25, 0.3) is 6.08 Å². The second kappa shape index (κ2) is 4.95. The van der Waals surface area contributed by atoms with E-state index in [1.807, 2.05) is 0 Å². The molecule has 0 aromatic heterocycles. The van der Waals surface area contributed by atoms with Crippen LogP contribution in [0.15, 0.2) is 52.4 Å². The molecule has 0 fully saturated rings. The van der Waals surface area contributed by atoms with E-state index in [1.165, 1.54) is 12.0 Å². The van der Waals surface area contributed by atoms with Crippen molar-refractivity contribution in [2.45, 2.75) is 24.5 Å². The van der Waals surface area contributed by atoms with Gasteiger partial charge in [0.25, 0.3) is 0 Å². The fraction of sp³-hybridized carbons (Fsp3) is 0.235. The molecule has 0 bridgehead atoms. The quantitative estimate of drug-likeness (QED) is 0.697. The predicted molar refractivity (Wildman–Crippen MR) is 76.4 cm³/mol. The molecular formula is C17H18Ti. The third kappa shape index (κ3) is 2.04. The summed E-state index contributed by atoms with van der Waals surface area (Å²) >= 11 is -1.34. The molecule has 0 spiro atoms. The number of rotatable bonds is 2. The first-order valence-corrected chi connectivity index (χ1v) is 9.04. The Morgan fingerprint density at radius 1 is 1.22 bits per heavy atom. The summed E-state index contributed by atoms with van der Waals surface area (Å²) in [5, 5.41) is 0. The summed E-state index contributed by atoms with van der Waals surface area (Å²) < 4.78 is 4.09. The van der Waals surface area contributed by atoms with Gasteiger partial charge in [0.15, 0.2) is 0 Å². The summed E-state index contributed by atoms with van der Waals surface area (Å²) in [5.41, 5.74) is 2.99. The molecule has 90 valence electrons. The second-order valence-corrected chi connectivity index (χ2v) is 10.0. The average Bonchev–Trinajstić information content (AvgIpc) is 3.00. The van der Waals surface area contributed by atoms with Crippen molar-refractivity contribution in [2.24, 2.45) is 0 Å². The van der Waals surface area contributed by atoms with Gasteiger partial charge >= 0.3 is 115 Å². The SMILES string of the molecule is C[C](C)=[Ti]([C]1=CC=CC1)[CH]1C=Cc2ccccc21. The van der Waals surface area contributed by atoms with E-state index in [4.69, 9.17) is 0 Å². The van der Waals surface area contributed by atoms with E-state index >= 15 is 0 Å². The summed E-state index contributed by atoms with van der Waals surface area (Å²) in [6.07, 6.45) is 12.9. The van der Waals surface area contributed by atoms with Crippen LogP contribution in [-0.2, 0) is 17.4 Å². The molecule has 0 amide bonds. The van der Waals surface area contributed by atoms with Crippen molar-refractivity contribution in [3.8, 4) is 0 Å². The summed E-state index contributed by atoms with van der Waals surface area (Å²) in [7, 11) is 0. The van der Waals surface area contributed by atoms with Crippen LogP contribution in [-0.4, -0.2) is 3.81 Å². The van der Waals surface area contributed by atoms with Gasteiger partial charge < -0.3 is 0 Å². The van der Waals surface area contributed by atoms with Crippen molar-refractivity contribution in [1.29, 1.82) is 0 Å². The molecule has 0 nitrogen and oxygen atoms in total. The van der Waals surface area contributed by atoms with Gasteiger partial charge in [-0.3, -0.25) is 0 Å². The fourth-order valence-electron chi connectivity index (χ4n) is 2.98. The Kier molecular flexibility index (Phi) is 3.32. The Hall–Kier alpha value is -0.976. The van der Waals surface area contributed by atoms with Gasteiger partial charge in [-0.2, -0.15) is 0 Å². The summed E-state index contributed by atoms with van der Waals surface area (Å²) in [6.45, 7) is 4.67. The first-order valence-electron chi connectivity index (χ1n) is 6.58. The summed E-state index contributed by atoms with van der Waals surface area (Å²) in [4.78, 5) is 0. The van der Waals surface area contributed by atoms with E-state index < -0.39 is 17.4 Å². The molecule has 0 saturated carbocycles. The normalized spacial score (nSPS) is 19.9. The van der Waals surface area contributed by atoms with Gasteiger partial charge in [-0.1, -0.05) is 0 Å². The zero-order chi connectivity index (χ0) is 12.5. The zero-order valence-electron chi connectivity index (χ0n) is 11.0. The first kappa shape index (κ1) is 12.1. The van der Waals surface area contributed by atoms with E-state index in [1.54, 1.807) is 13.3 Å². The number of hydrogen-bond donors (Lipinski definition) is 0. The van der Waals surface area contributed by atoms with Gasteiger partial charge in [0.2, 0.25) is 0 Å². The Labute approximate surface area is 115 Å². The molecule has 0 radical (unpaired) electrons. The third-order valence-corrected chi connectivity index (χ3v) is 8.87. The Balaban J connectivity index is 2.05. The van der Waals surface area contributed by atoms with Gasteiger partial charge in [0.05, 0.1) is 0 Å². The van der Waals surface area contributed by atoms with E-state index in [2.05, 4.69) is 68.5 Å². The van der Waals surface area contributed by atoms with E-state index in [0.717, 1.165) is 0 Å². The standard InChI is InChI=1S/C9H7.C5H5.C3H6.Ti/c1-2-5-9-7-3-6-8(9)4-1;1-2-4-5-3-1;1-3-2;/h1-7H;1-3H,4H2;1-2H3;. The summed E-state index contributed by atoms with van der Waals surface area (Å²) in [6, 6.07) is 8.89. The van der Waals surface area contributed by atoms with Crippen molar-refractivity contribution < 1.29 is 17.4 Å². The molecule has 0 N–H and O–H groups in total. The Bertz CT molecular complexity index is 596. The van der Waals surface area contributed by atoms with E-state index in [0.29, 0.717) is 4.22 Å². The minimum absolute atomic E-state index is 0.692. The van der Waals surface area contributed by atoms with E-state index in [-0.39, 0.29) is 0 Å². The van der Waals surface area contributed by atoms with Crippen molar-refractivity contribution in [2.75, 3.05) is 0 Å². The van der Waals surface area contributed by atoms with Crippen LogP contribution in [0.2, 0.25) is 0 Å². The molecule has 18 heavy (non-hydrogen) atoms. The molecule has 1 unspecified atom stereocenters. The van der Waals surface area contributed by atoms with Crippen molar-refractivity contribution in [3.05, 3.63) is 63.6 Å². The van der Waals surface area contributed by atoms with Crippen molar-refractivity contribution in [1.82, 2.24) is 0 Å². The molecular weight excluding hydrogens is 252 g/mol. The van der Waals surface area contributed by atoms with Gasteiger partial charge in [-0.15, -0.1) is 0 Å². The number of benzene rings is 1. The predicted octanol–water partition coefficient (Wildman–Crippen LogP) is 4.43. The molecule has 1 aromatic carbocycles. The Morgan fingerprint density at radius 3 is 2.78 bits per heavy atom. The molecule has 2 aliphatic carbocycles. The van der Waals surface area contributed by atoms with Crippen LogP contribution in [0.3, 0.4) is 0 Å². The van der Waals surface area contributed by atoms with Gasteiger partial charge in [-0.25, -0.2) is 0 Å². The number of allylic oxidation sites excluding steroid dienone is 5. The zero-order valence-corrected chi connectivity index (χ0v) is 12.5. The van der Waals surface area contributed by atoms with Gasteiger partial charge in [0, 0.05) is 0 Å². The molecule has 1 aromatic rings. The van der Waals surface area contributed by atoms with Gasteiger partial charge in [-0.05, 0) is 0 Å². The van der Waals surface area contributed by atoms with Crippen LogP contribution in [0.5, 0.6) is 0 Å². The Morgan fingerprint density at radius 2 is 2.06 bits per heavy atom. The molecule has 0 aliphatic heterocycles. The van der Waals surface area contributed by atoms with Crippen molar-refractivity contribution >= 4 is 9.89 Å². The summed E-state index contributed by atoms with van der Waals surface area (Å²) in [5.74, 6) is 0. The topological polar surface area (TPSA) is 0 Å². The van der Waals surface area contributed by atoms with Crippen LogP contribution < -0.4 is 0 Å². The van der Waals surface area contributed by atoms with Crippen LogP contribution in [0, 0.1) is 0 Å². The minimum atomic E-state index is -1.34. The second-order valence-electron chi connectivity index (χ2n) is 5.20. The number of hydrogen-bond acceptors (Lipinski definition) is 0. The molecule has 1 atom stereocenters. The monoisotopic (exact) mass is 270 g/mol. The molecule has 2 aliphatic rings. The average molecular weight is 270 g/mol. The first-order chi connectivity index (χ1) is 8.77. The third-order valence-electron chi connectivity index (χ3n) is 3.77. The van der Waals surface area contributed by atoms with Gasteiger partial charge in [0.1, 0.15) is 0 Å². The molecule has 1 heteroatoms. The fourth-order valence-corrected chi connectivity index (χ4v) is 7.88. The maximum absolute atomic E-state index is 2.45. The number of fused-ring (bicyclic) bond motifs is 1. The van der Waals surface area contributed by atoms with Crippen LogP contribution in [0.1, 0.15) is 35.6 Å². The molecule has 0 saturated heterocycles. The maximum atomic E-state index is 2.45. The van der Waals surface area contributed by atoms with E-state index in [9.17, 15) is 0 Å². The molecule has 0 heterocycles. The molecule has 3 rings (SSSR count).